The number of hydrogen-bond donors (Lipinski definition) is 2. The fourth-order valence-corrected chi connectivity index (χ4v) is 0.583. The fourth-order valence-electron chi connectivity index (χ4n) is 0.481. The van der Waals surface area contributed by atoms with E-state index in [1.54, 1.807) is 0 Å². The Kier molecular flexibility index (Phi) is 5.25. The van der Waals surface area contributed by atoms with Crippen LogP contribution in [0.5, 0.6) is 0 Å². The molecule has 0 atom stereocenters. The Labute approximate surface area is 67.8 Å². The van der Waals surface area contributed by atoms with Crippen LogP contribution in [0.3, 0.4) is 0 Å². The Morgan fingerprint density at radius 2 is 2.10 bits per heavy atom. The van der Waals surface area contributed by atoms with Crippen molar-refractivity contribution in [2.75, 3.05) is 34.2 Å². The molecular weight excluding hydrogens is 146 g/mol. The number of nitrogens with one attached hydrogen (secondary N) is 2. The van der Waals surface area contributed by atoms with E-state index < -0.39 is 0 Å². The van der Waals surface area contributed by atoms with E-state index in [1.807, 2.05) is 21.1 Å². The minimum atomic E-state index is 0.710. The van der Waals surface area contributed by atoms with Gasteiger partial charge in [-0.15, -0.1) is 0 Å². The normalized spacial score (nSPS) is 9.60. The van der Waals surface area contributed by atoms with E-state index in [9.17, 15) is 0 Å². The van der Waals surface area contributed by atoms with Crippen molar-refractivity contribution in [3.05, 3.63) is 0 Å². The topological polar surface area (TPSA) is 27.3 Å². The Bertz CT molecular complexity index is 103. The van der Waals surface area contributed by atoms with Gasteiger partial charge >= 0.3 is 0 Å². The highest BCUT2D eigenvalue weighted by Crippen LogP contribution is 1.70. The van der Waals surface area contributed by atoms with Gasteiger partial charge in [0, 0.05) is 20.1 Å². The van der Waals surface area contributed by atoms with Gasteiger partial charge in [0.25, 0.3) is 0 Å². The highest BCUT2D eigenvalue weighted by atomic mass is 32.1. The van der Waals surface area contributed by atoms with Crippen LogP contribution in [0.1, 0.15) is 0 Å². The second-order valence-corrected chi connectivity index (χ2v) is 2.72. The summed E-state index contributed by atoms with van der Waals surface area (Å²) in [7, 11) is 5.87. The maximum atomic E-state index is 4.87. The zero-order valence-corrected chi connectivity index (χ0v) is 7.59. The van der Waals surface area contributed by atoms with Gasteiger partial charge in [-0.05, 0) is 26.3 Å². The quantitative estimate of drug-likeness (QED) is 0.553. The molecule has 0 heterocycles. The van der Waals surface area contributed by atoms with Crippen molar-refractivity contribution < 1.29 is 0 Å². The third kappa shape index (κ3) is 5.78. The van der Waals surface area contributed by atoms with E-state index in [4.69, 9.17) is 12.2 Å². The van der Waals surface area contributed by atoms with Crippen LogP contribution in [0.25, 0.3) is 0 Å². The molecule has 0 aliphatic rings. The summed E-state index contributed by atoms with van der Waals surface area (Å²) >= 11 is 4.87. The molecule has 4 heteroatoms. The van der Waals surface area contributed by atoms with Gasteiger partial charge in [0.1, 0.15) is 0 Å². The van der Waals surface area contributed by atoms with Gasteiger partial charge in [0.15, 0.2) is 5.11 Å². The molecule has 0 aromatic heterocycles. The molecule has 0 amide bonds. The van der Waals surface area contributed by atoms with E-state index in [2.05, 4.69) is 15.5 Å². The molecule has 60 valence electrons. The molecule has 0 fully saturated rings. The first-order valence-electron chi connectivity index (χ1n) is 3.27. The molecule has 0 aromatic carbocycles. The zero-order valence-electron chi connectivity index (χ0n) is 6.77. The first kappa shape index (κ1) is 9.65. The lowest BCUT2D eigenvalue weighted by molar-refractivity contribution is 0.412. The van der Waals surface area contributed by atoms with Gasteiger partial charge < -0.3 is 15.5 Å². The van der Waals surface area contributed by atoms with Gasteiger partial charge in [0.05, 0.1) is 0 Å². The molecule has 0 saturated carbocycles. The maximum absolute atomic E-state index is 4.87. The van der Waals surface area contributed by atoms with Crippen LogP contribution in [0.15, 0.2) is 0 Å². The lowest BCUT2D eigenvalue weighted by Crippen LogP contribution is -2.36. The standard InChI is InChI=1S/C6H15N3S/c1-7-6(10)8-4-5-9(2)3/h4-5H2,1-3H3,(H2,7,8,10). The van der Waals surface area contributed by atoms with E-state index in [1.165, 1.54) is 0 Å². The molecule has 0 aliphatic heterocycles. The number of hydrogen-bond acceptors (Lipinski definition) is 2. The average Bonchev–Trinajstić information content (AvgIpc) is 1.87. The van der Waals surface area contributed by atoms with E-state index in [0.717, 1.165) is 13.1 Å². The Morgan fingerprint density at radius 3 is 2.50 bits per heavy atom. The van der Waals surface area contributed by atoms with Gasteiger partial charge in [-0.2, -0.15) is 0 Å². The van der Waals surface area contributed by atoms with Crippen molar-refractivity contribution in [1.82, 2.24) is 15.5 Å². The second kappa shape index (κ2) is 5.44. The molecule has 0 aromatic rings. The van der Waals surface area contributed by atoms with Crippen LogP contribution in [-0.2, 0) is 0 Å². The van der Waals surface area contributed by atoms with Crippen molar-refractivity contribution in [2.45, 2.75) is 0 Å². The van der Waals surface area contributed by atoms with Crippen LogP contribution < -0.4 is 10.6 Å². The van der Waals surface area contributed by atoms with Gasteiger partial charge in [-0.3, -0.25) is 0 Å². The van der Waals surface area contributed by atoms with Crippen molar-refractivity contribution >= 4 is 17.3 Å². The number of thiocarbonyl (C=S) groups is 1. The Morgan fingerprint density at radius 1 is 1.50 bits per heavy atom. The Balaban J connectivity index is 3.12. The summed E-state index contributed by atoms with van der Waals surface area (Å²) in [5.74, 6) is 0. The number of rotatable bonds is 3. The SMILES string of the molecule is CNC(=S)NCCN(C)C. The maximum Gasteiger partial charge on any atom is 0.166 e. The Hall–Kier alpha value is -0.350. The van der Waals surface area contributed by atoms with E-state index >= 15 is 0 Å². The molecule has 0 radical (unpaired) electrons. The molecule has 0 saturated heterocycles. The number of likely N-dealkylation sites (N-methyl/N-ethyl adjacent to an activating group) is 1. The third-order valence-electron chi connectivity index (χ3n) is 1.07. The summed E-state index contributed by atoms with van der Waals surface area (Å²) in [6, 6.07) is 0. The second-order valence-electron chi connectivity index (χ2n) is 2.31. The van der Waals surface area contributed by atoms with Crippen molar-refractivity contribution in [3.8, 4) is 0 Å². The number of nitrogens with zero attached hydrogens (tertiary/aromatic N) is 1. The van der Waals surface area contributed by atoms with Crippen LogP contribution >= 0.6 is 12.2 Å². The van der Waals surface area contributed by atoms with E-state index in [-0.39, 0.29) is 0 Å². The predicted molar refractivity (Wildman–Crippen MR) is 48.2 cm³/mol. The predicted octanol–water partition coefficient (Wildman–Crippen LogP) is -0.358. The van der Waals surface area contributed by atoms with Gasteiger partial charge in [-0.1, -0.05) is 0 Å². The highest BCUT2D eigenvalue weighted by Gasteiger charge is 1.90. The van der Waals surface area contributed by atoms with Gasteiger partial charge in [0.2, 0.25) is 0 Å². The minimum Gasteiger partial charge on any atom is -0.366 e. The lowest BCUT2D eigenvalue weighted by atomic mass is 10.6. The summed E-state index contributed by atoms with van der Waals surface area (Å²) in [4.78, 5) is 2.10. The lowest BCUT2D eigenvalue weighted by Gasteiger charge is -2.11. The highest BCUT2D eigenvalue weighted by molar-refractivity contribution is 7.80. The van der Waals surface area contributed by atoms with Crippen LogP contribution in [0.2, 0.25) is 0 Å². The minimum absolute atomic E-state index is 0.710. The first-order valence-corrected chi connectivity index (χ1v) is 3.68. The molecule has 0 aliphatic carbocycles. The summed E-state index contributed by atoms with van der Waals surface area (Å²) < 4.78 is 0. The van der Waals surface area contributed by atoms with Crippen LogP contribution in [0.4, 0.5) is 0 Å². The fraction of sp³-hybridized carbons (Fsp3) is 0.833. The molecule has 2 N–H and O–H groups in total. The molecule has 0 spiro atoms. The average molecular weight is 161 g/mol. The zero-order chi connectivity index (χ0) is 7.98. The molecule has 0 rings (SSSR count). The first-order chi connectivity index (χ1) is 4.66. The summed E-state index contributed by atoms with van der Waals surface area (Å²) in [6.45, 7) is 1.90. The van der Waals surface area contributed by atoms with Crippen molar-refractivity contribution in [3.63, 3.8) is 0 Å². The van der Waals surface area contributed by atoms with Crippen LogP contribution in [-0.4, -0.2) is 44.2 Å². The summed E-state index contributed by atoms with van der Waals surface area (Å²) in [5, 5.41) is 6.59. The smallest absolute Gasteiger partial charge is 0.166 e. The van der Waals surface area contributed by atoms with Gasteiger partial charge in [-0.25, -0.2) is 0 Å². The molecular formula is C6H15N3S. The summed E-state index contributed by atoms with van der Waals surface area (Å²) in [5.41, 5.74) is 0. The summed E-state index contributed by atoms with van der Waals surface area (Å²) in [6.07, 6.45) is 0. The largest absolute Gasteiger partial charge is 0.366 e. The monoisotopic (exact) mass is 161 g/mol. The molecule has 3 nitrogen and oxygen atoms in total. The van der Waals surface area contributed by atoms with Crippen molar-refractivity contribution in [2.24, 2.45) is 0 Å². The molecule has 0 bridgehead atoms. The molecule has 10 heavy (non-hydrogen) atoms. The van der Waals surface area contributed by atoms with E-state index in [0.29, 0.717) is 5.11 Å². The third-order valence-corrected chi connectivity index (χ3v) is 1.42. The van der Waals surface area contributed by atoms with Crippen LogP contribution in [0, 0.1) is 0 Å². The molecule has 0 unspecified atom stereocenters. The van der Waals surface area contributed by atoms with Crippen molar-refractivity contribution in [1.29, 1.82) is 0 Å².